The fourth-order valence-corrected chi connectivity index (χ4v) is 3.27. The van der Waals surface area contributed by atoms with E-state index in [0.29, 0.717) is 17.4 Å². The van der Waals surface area contributed by atoms with E-state index >= 15 is 0 Å². The van der Waals surface area contributed by atoms with Gasteiger partial charge >= 0.3 is 0 Å². The summed E-state index contributed by atoms with van der Waals surface area (Å²) in [7, 11) is 0. The third kappa shape index (κ3) is 2.50. The normalized spacial score (nSPS) is 23.4. The molecule has 1 fully saturated rings. The summed E-state index contributed by atoms with van der Waals surface area (Å²) in [5.41, 5.74) is 6.88. The SMILES string of the molecule is CC(C)CC1(C(N)C(C)C)CCCC1. The standard InChI is InChI=1S/C13H27N/c1-10(2)9-13(7-5-6-8-13)12(14)11(3)4/h10-12H,5-9,14H2,1-4H3. The molecule has 0 aromatic heterocycles. The highest BCUT2D eigenvalue weighted by atomic mass is 14.7. The first kappa shape index (κ1) is 12.0. The van der Waals surface area contributed by atoms with Crippen molar-refractivity contribution in [2.75, 3.05) is 0 Å². The minimum absolute atomic E-state index is 0.410. The summed E-state index contributed by atoms with van der Waals surface area (Å²) in [6.45, 7) is 9.19. The maximum absolute atomic E-state index is 6.41. The topological polar surface area (TPSA) is 26.0 Å². The third-order valence-electron chi connectivity index (χ3n) is 3.84. The Bertz CT molecular complexity index is 166. The highest BCUT2D eigenvalue weighted by Gasteiger charge is 2.40. The van der Waals surface area contributed by atoms with Crippen molar-refractivity contribution >= 4 is 0 Å². The smallest absolute Gasteiger partial charge is 0.0119 e. The van der Waals surface area contributed by atoms with Gasteiger partial charge in [-0.3, -0.25) is 0 Å². The first-order chi connectivity index (χ1) is 6.48. The second-order valence-corrected chi connectivity index (χ2v) is 5.94. The molecular weight excluding hydrogens is 170 g/mol. The van der Waals surface area contributed by atoms with Crippen LogP contribution in [0.25, 0.3) is 0 Å². The predicted octanol–water partition coefficient (Wildman–Crippen LogP) is 3.58. The van der Waals surface area contributed by atoms with Crippen LogP contribution in [0.3, 0.4) is 0 Å². The number of rotatable bonds is 4. The van der Waals surface area contributed by atoms with Crippen molar-refractivity contribution < 1.29 is 0 Å². The molecule has 0 amide bonds. The zero-order valence-corrected chi connectivity index (χ0v) is 10.3. The Balaban J connectivity index is 2.70. The average molecular weight is 197 g/mol. The van der Waals surface area contributed by atoms with E-state index < -0.39 is 0 Å². The van der Waals surface area contributed by atoms with E-state index in [2.05, 4.69) is 27.7 Å². The summed E-state index contributed by atoms with van der Waals surface area (Å²) in [4.78, 5) is 0. The van der Waals surface area contributed by atoms with Gasteiger partial charge in [-0.15, -0.1) is 0 Å². The first-order valence-corrected chi connectivity index (χ1v) is 6.23. The molecule has 0 aromatic carbocycles. The van der Waals surface area contributed by atoms with E-state index in [9.17, 15) is 0 Å². The molecule has 1 heteroatoms. The molecule has 0 spiro atoms. The largest absolute Gasteiger partial charge is 0.327 e. The van der Waals surface area contributed by atoms with Crippen LogP contribution in [-0.2, 0) is 0 Å². The van der Waals surface area contributed by atoms with Crippen molar-refractivity contribution in [1.82, 2.24) is 0 Å². The summed E-state index contributed by atoms with van der Waals surface area (Å²) in [6, 6.07) is 0.410. The monoisotopic (exact) mass is 197 g/mol. The highest BCUT2D eigenvalue weighted by molar-refractivity contribution is 4.94. The van der Waals surface area contributed by atoms with Gasteiger partial charge in [-0.25, -0.2) is 0 Å². The zero-order valence-electron chi connectivity index (χ0n) is 10.3. The van der Waals surface area contributed by atoms with Gasteiger partial charge in [-0.1, -0.05) is 40.5 Å². The number of nitrogens with two attached hydrogens (primary N) is 1. The minimum atomic E-state index is 0.410. The van der Waals surface area contributed by atoms with E-state index in [0.717, 1.165) is 5.92 Å². The fraction of sp³-hybridized carbons (Fsp3) is 1.00. The minimum Gasteiger partial charge on any atom is -0.327 e. The second kappa shape index (κ2) is 4.65. The van der Waals surface area contributed by atoms with Gasteiger partial charge in [0.1, 0.15) is 0 Å². The van der Waals surface area contributed by atoms with Crippen LogP contribution in [-0.4, -0.2) is 6.04 Å². The van der Waals surface area contributed by atoms with Crippen molar-refractivity contribution in [2.24, 2.45) is 23.0 Å². The van der Waals surface area contributed by atoms with E-state index in [1.165, 1.54) is 32.1 Å². The van der Waals surface area contributed by atoms with Crippen LogP contribution in [0.1, 0.15) is 59.8 Å². The average Bonchev–Trinajstić information content (AvgIpc) is 2.51. The molecule has 2 N–H and O–H groups in total. The Kier molecular flexibility index (Phi) is 4.00. The van der Waals surface area contributed by atoms with Gasteiger partial charge in [0.15, 0.2) is 0 Å². The molecule has 0 bridgehead atoms. The molecule has 0 saturated heterocycles. The van der Waals surface area contributed by atoms with Crippen molar-refractivity contribution in [2.45, 2.75) is 65.8 Å². The Morgan fingerprint density at radius 1 is 1.07 bits per heavy atom. The van der Waals surface area contributed by atoms with Crippen molar-refractivity contribution in [3.8, 4) is 0 Å². The molecule has 84 valence electrons. The van der Waals surface area contributed by atoms with Crippen LogP contribution in [0.2, 0.25) is 0 Å². The molecule has 0 radical (unpaired) electrons. The van der Waals surface area contributed by atoms with Crippen LogP contribution in [0, 0.1) is 17.3 Å². The Morgan fingerprint density at radius 3 is 1.93 bits per heavy atom. The number of hydrogen-bond acceptors (Lipinski definition) is 1. The molecule has 1 rings (SSSR count). The molecular formula is C13H27N. The van der Waals surface area contributed by atoms with Gasteiger partial charge in [-0.2, -0.15) is 0 Å². The van der Waals surface area contributed by atoms with Gasteiger partial charge in [-0.05, 0) is 36.5 Å². The quantitative estimate of drug-likeness (QED) is 0.732. The van der Waals surface area contributed by atoms with E-state index in [4.69, 9.17) is 5.73 Å². The molecule has 1 aliphatic rings. The maximum Gasteiger partial charge on any atom is 0.0119 e. The van der Waals surface area contributed by atoms with E-state index in [1.807, 2.05) is 0 Å². The predicted molar refractivity (Wildman–Crippen MR) is 63.2 cm³/mol. The van der Waals surface area contributed by atoms with Crippen molar-refractivity contribution in [3.05, 3.63) is 0 Å². The Hall–Kier alpha value is -0.0400. The molecule has 14 heavy (non-hydrogen) atoms. The van der Waals surface area contributed by atoms with Gasteiger partial charge < -0.3 is 5.73 Å². The molecule has 1 saturated carbocycles. The van der Waals surface area contributed by atoms with Crippen LogP contribution < -0.4 is 5.73 Å². The van der Waals surface area contributed by atoms with Crippen LogP contribution >= 0.6 is 0 Å². The molecule has 1 atom stereocenters. The molecule has 1 unspecified atom stereocenters. The van der Waals surface area contributed by atoms with Crippen LogP contribution in [0.4, 0.5) is 0 Å². The molecule has 1 aliphatic carbocycles. The lowest BCUT2D eigenvalue weighted by Crippen LogP contribution is -2.44. The lowest BCUT2D eigenvalue weighted by molar-refractivity contribution is 0.150. The summed E-state index contributed by atoms with van der Waals surface area (Å²) >= 11 is 0. The van der Waals surface area contributed by atoms with Gasteiger partial charge in [0.2, 0.25) is 0 Å². The van der Waals surface area contributed by atoms with Gasteiger partial charge in [0.25, 0.3) is 0 Å². The summed E-state index contributed by atoms with van der Waals surface area (Å²) in [5.74, 6) is 1.42. The van der Waals surface area contributed by atoms with Gasteiger partial charge in [0, 0.05) is 6.04 Å². The molecule has 0 aliphatic heterocycles. The molecule has 0 aromatic rings. The molecule has 1 nitrogen and oxygen atoms in total. The highest BCUT2D eigenvalue weighted by Crippen LogP contribution is 2.46. The third-order valence-corrected chi connectivity index (χ3v) is 3.84. The van der Waals surface area contributed by atoms with Crippen LogP contribution in [0.5, 0.6) is 0 Å². The second-order valence-electron chi connectivity index (χ2n) is 5.94. The number of hydrogen-bond donors (Lipinski definition) is 1. The van der Waals surface area contributed by atoms with E-state index in [1.54, 1.807) is 0 Å². The lowest BCUT2D eigenvalue weighted by Gasteiger charge is -2.39. The molecule has 0 heterocycles. The lowest BCUT2D eigenvalue weighted by atomic mass is 9.69. The van der Waals surface area contributed by atoms with Crippen molar-refractivity contribution in [1.29, 1.82) is 0 Å². The van der Waals surface area contributed by atoms with E-state index in [-0.39, 0.29) is 0 Å². The fourth-order valence-electron chi connectivity index (χ4n) is 3.27. The Morgan fingerprint density at radius 2 is 1.57 bits per heavy atom. The first-order valence-electron chi connectivity index (χ1n) is 6.23. The maximum atomic E-state index is 6.41. The van der Waals surface area contributed by atoms with Crippen molar-refractivity contribution in [3.63, 3.8) is 0 Å². The summed E-state index contributed by atoms with van der Waals surface area (Å²) in [6.07, 6.45) is 6.85. The summed E-state index contributed by atoms with van der Waals surface area (Å²) in [5, 5.41) is 0. The van der Waals surface area contributed by atoms with Gasteiger partial charge in [0.05, 0.1) is 0 Å². The van der Waals surface area contributed by atoms with Crippen LogP contribution in [0.15, 0.2) is 0 Å². The Labute approximate surface area is 89.5 Å². The zero-order chi connectivity index (χ0) is 10.8. The summed E-state index contributed by atoms with van der Waals surface area (Å²) < 4.78 is 0.